The number of carbonyl (C=O) groups is 2. The maximum absolute atomic E-state index is 12.0. The van der Waals surface area contributed by atoms with E-state index in [0.717, 1.165) is 16.3 Å². The Labute approximate surface area is 127 Å². The van der Waals surface area contributed by atoms with Gasteiger partial charge in [-0.05, 0) is 12.1 Å². The smallest absolute Gasteiger partial charge is 0.341 e. The van der Waals surface area contributed by atoms with Crippen molar-refractivity contribution < 1.29 is 19.1 Å². The summed E-state index contributed by atoms with van der Waals surface area (Å²) in [7, 11) is 2.80. The van der Waals surface area contributed by atoms with E-state index in [2.05, 4.69) is 0 Å². The normalized spacial score (nSPS) is 10.9. The molecule has 0 fully saturated rings. The van der Waals surface area contributed by atoms with Gasteiger partial charge < -0.3 is 9.47 Å². The van der Waals surface area contributed by atoms with Crippen molar-refractivity contribution in [1.29, 1.82) is 0 Å². The first-order valence-corrected chi connectivity index (χ1v) is 6.79. The summed E-state index contributed by atoms with van der Waals surface area (Å²) < 4.78 is 11.7. The highest BCUT2D eigenvalue weighted by Crippen LogP contribution is 2.34. The molecule has 0 saturated carbocycles. The van der Waals surface area contributed by atoms with E-state index < -0.39 is 5.97 Å². The Balaban J connectivity index is 2.49. The summed E-state index contributed by atoms with van der Waals surface area (Å²) in [5.41, 5.74) is 1.84. The van der Waals surface area contributed by atoms with Crippen molar-refractivity contribution in [3.05, 3.63) is 42.0 Å². The average molecular weight is 297 g/mol. The molecule has 0 aliphatic heterocycles. The lowest BCUT2D eigenvalue weighted by atomic mass is 10.1. The predicted octanol–water partition coefficient (Wildman–Crippen LogP) is 3.25. The Morgan fingerprint density at radius 3 is 2.36 bits per heavy atom. The van der Waals surface area contributed by atoms with Crippen LogP contribution in [0.5, 0.6) is 5.75 Å². The van der Waals surface area contributed by atoms with Gasteiger partial charge in [-0.2, -0.15) is 0 Å². The fourth-order valence-electron chi connectivity index (χ4n) is 2.77. The third-order valence-electron chi connectivity index (χ3n) is 3.71. The molecule has 5 heteroatoms. The number of hydrogen-bond acceptors (Lipinski definition) is 4. The molecule has 22 heavy (non-hydrogen) atoms. The van der Waals surface area contributed by atoms with E-state index in [4.69, 9.17) is 9.47 Å². The van der Waals surface area contributed by atoms with Crippen LogP contribution >= 0.6 is 0 Å². The quantitative estimate of drug-likeness (QED) is 0.681. The fraction of sp³-hybridized carbons (Fsp3) is 0.176. The minimum absolute atomic E-state index is 0.0981. The molecule has 0 amide bonds. The highest BCUT2D eigenvalue weighted by molar-refractivity contribution is 6.15. The van der Waals surface area contributed by atoms with Crippen LogP contribution in [0.4, 0.5) is 0 Å². The molecular formula is C17H15NO4. The van der Waals surface area contributed by atoms with Gasteiger partial charge in [-0.25, -0.2) is 4.79 Å². The maximum atomic E-state index is 12.0. The molecule has 0 aliphatic rings. The Kier molecular flexibility index (Phi) is 3.33. The second-order valence-corrected chi connectivity index (χ2v) is 4.93. The SMILES string of the molecule is COC(=O)c1cc2c3ccccc3n(C(C)=O)c2cc1OC. The molecule has 3 aromatic rings. The standard InChI is InChI=1S/C17H15NO4/c1-10(19)18-14-7-5-4-6-11(14)12-8-13(17(20)22-3)16(21-2)9-15(12)18/h4-9H,1-3H3. The highest BCUT2D eigenvalue weighted by atomic mass is 16.5. The lowest BCUT2D eigenvalue weighted by Crippen LogP contribution is -2.07. The van der Waals surface area contributed by atoms with Crippen molar-refractivity contribution in [1.82, 2.24) is 4.57 Å². The van der Waals surface area contributed by atoms with E-state index in [9.17, 15) is 9.59 Å². The number of ether oxygens (including phenoxy) is 2. The molecule has 0 N–H and O–H groups in total. The van der Waals surface area contributed by atoms with Crippen LogP contribution in [0.25, 0.3) is 21.8 Å². The van der Waals surface area contributed by atoms with Crippen molar-refractivity contribution in [2.75, 3.05) is 14.2 Å². The molecule has 1 heterocycles. The molecule has 0 aliphatic carbocycles. The molecule has 0 spiro atoms. The van der Waals surface area contributed by atoms with Crippen molar-refractivity contribution in [3.63, 3.8) is 0 Å². The topological polar surface area (TPSA) is 57.5 Å². The third kappa shape index (κ3) is 1.94. The van der Waals surface area contributed by atoms with Crippen molar-refractivity contribution in [3.8, 4) is 5.75 Å². The van der Waals surface area contributed by atoms with E-state index >= 15 is 0 Å². The summed E-state index contributed by atoms with van der Waals surface area (Å²) >= 11 is 0. The lowest BCUT2D eigenvalue weighted by molar-refractivity contribution is 0.0597. The van der Waals surface area contributed by atoms with Crippen LogP contribution in [-0.2, 0) is 4.74 Å². The van der Waals surface area contributed by atoms with Gasteiger partial charge in [0.1, 0.15) is 11.3 Å². The summed E-state index contributed by atoms with van der Waals surface area (Å²) in [6, 6.07) is 11.0. The van der Waals surface area contributed by atoms with E-state index in [1.54, 1.807) is 16.7 Å². The Morgan fingerprint density at radius 2 is 1.73 bits per heavy atom. The first-order valence-electron chi connectivity index (χ1n) is 6.79. The zero-order chi connectivity index (χ0) is 15.9. The van der Waals surface area contributed by atoms with E-state index in [1.165, 1.54) is 21.1 Å². The number of rotatable bonds is 2. The van der Waals surface area contributed by atoms with Crippen LogP contribution in [0, 0.1) is 0 Å². The number of benzene rings is 2. The summed E-state index contributed by atoms with van der Waals surface area (Å²) in [6.07, 6.45) is 0. The number of carbonyl (C=O) groups excluding carboxylic acids is 2. The van der Waals surface area contributed by atoms with E-state index in [-0.39, 0.29) is 5.91 Å². The zero-order valence-corrected chi connectivity index (χ0v) is 12.5. The van der Waals surface area contributed by atoms with Gasteiger partial charge in [-0.3, -0.25) is 9.36 Å². The Hall–Kier alpha value is -2.82. The monoisotopic (exact) mass is 297 g/mol. The molecule has 0 saturated heterocycles. The first-order chi connectivity index (χ1) is 10.6. The number of para-hydroxylation sites is 1. The van der Waals surface area contributed by atoms with Gasteiger partial charge in [0.05, 0.1) is 25.3 Å². The highest BCUT2D eigenvalue weighted by Gasteiger charge is 2.19. The van der Waals surface area contributed by atoms with E-state index in [0.29, 0.717) is 16.8 Å². The number of hydrogen-bond donors (Lipinski definition) is 0. The van der Waals surface area contributed by atoms with E-state index in [1.807, 2.05) is 24.3 Å². The van der Waals surface area contributed by atoms with Gasteiger partial charge >= 0.3 is 5.97 Å². The maximum Gasteiger partial charge on any atom is 0.341 e. The molecular weight excluding hydrogens is 282 g/mol. The number of fused-ring (bicyclic) bond motifs is 3. The summed E-state index contributed by atoms with van der Waals surface area (Å²) in [5, 5.41) is 1.72. The number of methoxy groups -OCH3 is 2. The predicted molar refractivity (Wildman–Crippen MR) is 83.6 cm³/mol. The van der Waals surface area contributed by atoms with Crippen LogP contribution in [0.15, 0.2) is 36.4 Å². The van der Waals surface area contributed by atoms with Gasteiger partial charge in [0, 0.05) is 23.8 Å². The van der Waals surface area contributed by atoms with Gasteiger partial charge in [0.25, 0.3) is 0 Å². The molecule has 0 atom stereocenters. The zero-order valence-electron chi connectivity index (χ0n) is 12.5. The Bertz CT molecular complexity index is 908. The van der Waals surface area contributed by atoms with Crippen LogP contribution in [-0.4, -0.2) is 30.7 Å². The first kappa shape index (κ1) is 14.1. The van der Waals surface area contributed by atoms with Crippen LogP contribution in [0.1, 0.15) is 22.1 Å². The molecule has 1 aromatic heterocycles. The fourth-order valence-corrected chi connectivity index (χ4v) is 2.77. The largest absolute Gasteiger partial charge is 0.496 e. The molecule has 5 nitrogen and oxygen atoms in total. The molecule has 112 valence electrons. The minimum Gasteiger partial charge on any atom is -0.496 e. The van der Waals surface area contributed by atoms with Gasteiger partial charge in [0.2, 0.25) is 5.91 Å². The van der Waals surface area contributed by atoms with Crippen LogP contribution in [0.2, 0.25) is 0 Å². The number of aromatic nitrogens is 1. The second-order valence-electron chi connectivity index (χ2n) is 4.93. The summed E-state index contributed by atoms with van der Waals surface area (Å²) in [5.74, 6) is -0.192. The van der Waals surface area contributed by atoms with Crippen molar-refractivity contribution >= 4 is 33.7 Å². The van der Waals surface area contributed by atoms with Gasteiger partial charge in [-0.15, -0.1) is 0 Å². The average Bonchev–Trinajstić information content (AvgIpc) is 2.86. The van der Waals surface area contributed by atoms with Crippen molar-refractivity contribution in [2.24, 2.45) is 0 Å². The van der Waals surface area contributed by atoms with Gasteiger partial charge in [0.15, 0.2) is 0 Å². The molecule has 0 bridgehead atoms. The summed E-state index contributed by atoms with van der Waals surface area (Å²) in [4.78, 5) is 24.0. The lowest BCUT2D eigenvalue weighted by Gasteiger charge is -2.08. The minimum atomic E-state index is -0.474. The number of esters is 1. The van der Waals surface area contributed by atoms with Crippen molar-refractivity contribution in [2.45, 2.75) is 6.92 Å². The summed E-state index contributed by atoms with van der Waals surface area (Å²) in [6.45, 7) is 1.51. The molecule has 2 aromatic carbocycles. The molecule has 3 rings (SSSR count). The number of nitrogens with zero attached hydrogens (tertiary/aromatic N) is 1. The Morgan fingerprint density at radius 1 is 1.00 bits per heavy atom. The van der Waals surface area contributed by atoms with Gasteiger partial charge in [-0.1, -0.05) is 18.2 Å². The third-order valence-corrected chi connectivity index (χ3v) is 3.71. The van der Waals surface area contributed by atoms with Crippen LogP contribution < -0.4 is 4.74 Å². The van der Waals surface area contributed by atoms with Crippen LogP contribution in [0.3, 0.4) is 0 Å². The second kappa shape index (κ2) is 5.18. The molecule has 0 unspecified atom stereocenters. The molecule has 0 radical (unpaired) electrons.